The number of carbonyl (C=O) groups is 2. The van der Waals surface area contributed by atoms with Crippen LogP contribution in [0.5, 0.6) is 0 Å². The second kappa shape index (κ2) is 7.47. The summed E-state index contributed by atoms with van der Waals surface area (Å²) in [6.07, 6.45) is 1.87. The summed E-state index contributed by atoms with van der Waals surface area (Å²) in [4.78, 5) is 22.0. The minimum absolute atomic E-state index is 0.00420. The summed E-state index contributed by atoms with van der Waals surface area (Å²) in [6.45, 7) is 2.32. The van der Waals surface area contributed by atoms with Crippen molar-refractivity contribution >= 4 is 11.9 Å². The highest BCUT2D eigenvalue weighted by Crippen LogP contribution is 1.98. The molecule has 8 heteroatoms. The summed E-state index contributed by atoms with van der Waals surface area (Å²) in [5, 5.41) is 18.9. The van der Waals surface area contributed by atoms with Crippen LogP contribution in [-0.4, -0.2) is 51.7 Å². The average Bonchev–Trinajstić information content (AvgIpc) is 2.74. The Morgan fingerprint density at radius 1 is 1.58 bits per heavy atom. The average molecular weight is 270 g/mol. The van der Waals surface area contributed by atoms with Gasteiger partial charge in [-0.05, 0) is 6.92 Å². The molecule has 0 aliphatic heterocycles. The van der Waals surface area contributed by atoms with Crippen molar-refractivity contribution in [3.8, 4) is 0 Å². The third-order valence-electron chi connectivity index (χ3n) is 2.31. The first-order valence-corrected chi connectivity index (χ1v) is 5.90. The van der Waals surface area contributed by atoms with Crippen molar-refractivity contribution in [1.82, 2.24) is 20.3 Å². The van der Waals surface area contributed by atoms with Gasteiger partial charge in [-0.3, -0.25) is 9.59 Å². The van der Waals surface area contributed by atoms with Crippen molar-refractivity contribution < 1.29 is 19.4 Å². The van der Waals surface area contributed by atoms with Crippen molar-refractivity contribution in [3.63, 3.8) is 0 Å². The van der Waals surface area contributed by atoms with Crippen molar-refractivity contribution in [2.45, 2.75) is 32.4 Å². The lowest BCUT2D eigenvalue weighted by molar-refractivity contribution is -0.137. The number of carboxylic acid groups (broad SMARTS) is 1. The molecule has 1 aromatic rings. The van der Waals surface area contributed by atoms with E-state index in [2.05, 4.69) is 15.6 Å². The minimum Gasteiger partial charge on any atom is -0.481 e. The van der Waals surface area contributed by atoms with E-state index in [1.807, 2.05) is 6.92 Å². The Labute approximate surface area is 110 Å². The number of carboxylic acids is 1. The van der Waals surface area contributed by atoms with Crippen molar-refractivity contribution in [2.75, 3.05) is 13.7 Å². The quantitative estimate of drug-likeness (QED) is 0.656. The smallest absolute Gasteiger partial charge is 0.303 e. The molecular formula is C11H18N4O4. The monoisotopic (exact) mass is 270 g/mol. The van der Waals surface area contributed by atoms with Crippen molar-refractivity contribution in [1.29, 1.82) is 0 Å². The van der Waals surface area contributed by atoms with Gasteiger partial charge in [0.15, 0.2) is 0 Å². The van der Waals surface area contributed by atoms with Gasteiger partial charge in [-0.15, -0.1) is 5.10 Å². The van der Waals surface area contributed by atoms with Gasteiger partial charge in [0.2, 0.25) is 5.91 Å². The summed E-state index contributed by atoms with van der Waals surface area (Å²) >= 11 is 0. The van der Waals surface area contributed by atoms with Gasteiger partial charge < -0.3 is 15.2 Å². The van der Waals surface area contributed by atoms with Crippen LogP contribution in [0, 0.1) is 0 Å². The fourth-order valence-electron chi connectivity index (χ4n) is 1.52. The molecule has 1 amide bonds. The maximum Gasteiger partial charge on any atom is 0.303 e. The van der Waals surface area contributed by atoms with E-state index in [1.165, 1.54) is 4.68 Å². The third kappa shape index (κ3) is 5.96. The number of hydrogen-bond acceptors (Lipinski definition) is 5. The molecule has 0 bridgehead atoms. The summed E-state index contributed by atoms with van der Waals surface area (Å²) in [5.74, 6) is -1.08. The van der Waals surface area contributed by atoms with E-state index in [4.69, 9.17) is 9.84 Å². The van der Waals surface area contributed by atoms with Crippen molar-refractivity contribution in [2.24, 2.45) is 0 Å². The van der Waals surface area contributed by atoms with Crippen LogP contribution in [0.15, 0.2) is 6.20 Å². The highest BCUT2D eigenvalue weighted by Gasteiger charge is 2.10. The molecule has 1 heterocycles. The number of nitrogens with one attached hydrogen (secondary N) is 1. The highest BCUT2D eigenvalue weighted by atomic mass is 16.5. The number of ether oxygens (including phenoxy) is 1. The Balaban J connectivity index is 2.40. The summed E-state index contributed by atoms with van der Waals surface area (Å²) in [7, 11) is 1.56. The SMILES string of the molecule is COCC(C)NC(=O)Cn1cc(CCC(=O)O)nn1. The standard InChI is InChI=1S/C11H18N4O4/c1-8(7-19-2)12-10(16)6-15-5-9(13-14-15)3-4-11(17)18/h5,8H,3-4,6-7H2,1-2H3,(H,12,16)(H,17,18). The molecule has 2 N–H and O–H groups in total. The third-order valence-corrected chi connectivity index (χ3v) is 2.31. The number of amides is 1. The summed E-state index contributed by atoms with van der Waals surface area (Å²) < 4.78 is 6.29. The number of hydrogen-bond donors (Lipinski definition) is 2. The molecule has 0 saturated heterocycles. The second-order valence-electron chi connectivity index (χ2n) is 4.23. The normalized spacial score (nSPS) is 12.1. The molecule has 0 spiro atoms. The topological polar surface area (TPSA) is 106 Å². The van der Waals surface area contributed by atoms with Crippen molar-refractivity contribution in [3.05, 3.63) is 11.9 Å². The Morgan fingerprint density at radius 2 is 2.32 bits per heavy atom. The van der Waals surface area contributed by atoms with Crippen LogP contribution in [0.25, 0.3) is 0 Å². The molecule has 8 nitrogen and oxygen atoms in total. The molecule has 1 aromatic heterocycles. The molecule has 0 aromatic carbocycles. The number of nitrogens with zero attached hydrogens (tertiary/aromatic N) is 3. The minimum atomic E-state index is -0.888. The van der Waals surface area contributed by atoms with Crippen LogP contribution in [0.2, 0.25) is 0 Å². The first kappa shape index (κ1) is 15.1. The first-order valence-electron chi connectivity index (χ1n) is 5.90. The molecule has 19 heavy (non-hydrogen) atoms. The predicted molar refractivity (Wildman–Crippen MR) is 65.5 cm³/mol. The van der Waals surface area contributed by atoms with Crippen LogP contribution in [-0.2, 0) is 27.3 Å². The molecule has 0 radical (unpaired) electrons. The Hall–Kier alpha value is -1.96. The van der Waals surface area contributed by atoms with Crippen LogP contribution in [0.3, 0.4) is 0 Å². The molecule has 0 saturated carbocycles. The van der Waals surface area contributed by atoms with E-state index >= 15 is 0 Å². The van der Waals surface area contributed by atoms with Gasteiger partial charge >= 0.3 is 5.97 Å². The predicted octanol–water partition coefficient (Wildman–Crippen LogP) is -0.554. The van der Waals surface area contributed by atoms with Gasteiger partial charge in [-0.1, -0.05) is 5.21 Å². The number of carbonyl (C=O) groups excluding carboxylic acids is 1. The molecule has 1 atom stereocenters. The fraction of sp³-hybridized carbons (Fsp3) is 0.636. The van der Waals surface area contributed by atoms with E-state index in [-0.39, 0.29) is 24.9 Å². The van der Waals surface area contributed by atoms with Crippen LogP contribution < -0.4 is 5.32 Å². The molecule has 1 unspecified atom stereocenters. The summed E-state index contributed by atoms with van der Waals surface area (Å²) in [5.41, 5.74) is 0.556. The fourth-order valence-corrected chi connectivity index (χ4v) is 1.52. The Bertz CT molecular complexity index is 432. The lowest BCUT2D eigenvalue weighted by atomic mass is 10.2. The molecular weight excluding hydrogens is 252 g/mol. The van der Waals surface area contributed by atoms with E-state index in [9.17, 15) is 9.59 Å². The maximum absolute atomic E-state index is 11.6. The van der Waals surface area contributed by atoms with E-state index in [1.54, 1.807) is 13.3 Å². The second-order valence-corrected chi connectivity index (χ2v) is 4.23. The number of aryl methyl sites for hydroxylation is 1. The first-order chi connectivity index (χ1) is 9.01. The van der Waals surface area contributed by atoms with Gasteiger partial charge in [0.05, 0.1) is 18.7 Å². The number of rotatable bonds is 8. The van der Waals surface area contributed by atoms with E-state index in [0.29, 0.717) is 18.7 Å². The zero-order valence-corrected chi connectivity index (χ0v) is 11.0. The molecule has 0 aliphatic carbocycles. The van der Waals surface area contributed by atoms with Gasteiger partial charge in [0, 0.05) is 25.8 Å². The molecule has 0 aliphatic rings. The summed E-state index contributed by atoms with van der Waals surface area (Å²) in [6, 6.07) is -0.0764. The number of methoxy groups -OCH3 is 1. The zero-order valence-electron chi connectivity index (χ0n) is 11.0. The van der Waals surface area contributed by atoms with Crippen LogP contribution in [0.4, 0.5) is 0 Å². The number of aliphatic carboxylic acids is 1. The van der Waals surface area contributed by atoms with Gasteiger partial charge in [0.1, 0.15) is 6.54 Å². The largest absolute Gasteiger partial charge is 0.481 e. The molecule has 106 valence electrons. The van der Waals surface area contributed by atoms with Crippen LogP contribution >= 0.6 is 0 Å². The lowest BCUT2D eigenvalue weighted by Gasteiger charge is -2.12. The lowest BCUT2D eigenvalue weighted by Crippen LogP contribution is -2.37. The Kier molecular flexibility index (Phi) is 5.94. The Morgan fingerprint density at radius 3 is 2.95 bits per heavy atom. The highest BCUT2D eigenvalue weighted by molar-refractivity contribution is 5.75. The van der Waals surface area contributed by atoms with E-state index < -0.39 is 5.97 Å². The maximum atomic E-state index is 11.6. The number of aromatic nitrogens is 3. The van der Waals surface area contributed by atoms with E-state index in [0.717, 1.165) is 0 Å². The van der Waals surface area contributed by atoms with Gasteiger partial charge in [-0.25, -0.2) is 4.68 Å². The molecule has 1 rings (SSSR count). The molecule has 0 fully saturated rings. The van der Waals surface area contributed by atoms with Gasteiger partial charge in [0.25, 0.3) is 0 Å². The van der Waals surface area contributed by atoms with Crippen LogP contribution in [0.1, 0.15) is 19.0 Å². The van der Waals surface area contributed by atoms with Gasteiger partial charge in [-0.2, -0.15) is 0 Å². The zero-order chi connectivity index (χ0) is 14.3.